The van der Waals surface area contributed by atoms with Crippen LogP contribution in [0.25, 0.3) is 0 Å². The summed E-state index contributed by atoms with van der Waals surface area (Å²) >= 11 is 0. The van der Waals surface area contributed by atoms with Gasteiger partial charge >= 0.3 is 32.7 Å². The summed E-state index contributed by atoms with van der Waals surface area (Å²) in [6.45, 7) is 13.7. The van der Waals surface area contributed by atoms with Crippen LogP contribution in [0.2, 0.25) is 0 Å². The van der Waals surface area contributed by atoms with E-state index in [0.29, 0.717) is 17.4 Å². The van der Waals surface area contributed by atoms with Crippen LogP contribution >= 0.6 is 0 Å². The fourth-order valence-corrected chi connectivity index (χ4v) is 1.44. The summed E-state index contributed by atoms with van der Waals surface area (Å²) in [6, 6.07) is 0. The summed E-state index contributed by atoms with van der Waals surface area (Å²) < 4.78 is 0. The predicted octanol–water partition coefficient (Wildman–Crippen LogP) is 2.52. The molecule has 0 radical (unpaired) electrons. The van der Waals surface area contributed by atoms with Crippen molar-refractivity contribution in [1.29, 1.82) is 0 Å². The van der Waals surface area contributed by atoms with E-state index in [0.717, 1.165) is 0 Å². The second-order valence-electron chi connectivity index (χ2n) is 4.41. The summed E-state index contributed by atoms with van der Waals surface area (Å²) in [5, 5.41) is 8.73. The van der Waals surface area contributed by atoms with Gasteiger partial charge in [0.2, 0.25) is 0 Å². The largest absolute Gasteiger partial charge is 3.00 e. The minimum atomic E-state index is -0.176. The van der Waals surface area contributed by atoms with Crippen LogP contribution in [0.1, 0.15) is 27.7 Å². The number of hydrogen-bond donors (Lipinski definition) is 1. The topological polar surface area (TPSA) is 20.2 Å². The molecule has 0 aromatic carbocycles. The normalized spacial score (nSPS) is 16.2. The third kappa shape index (κ3) is 7.05. The van der Waals surface area contributed by atoms with Gasteiger partial charge in [0.15, 0.2) is 0 Å². The van der Waals surface area contributed by atoms with Gasteiger partial charge in [-0.2, -0.15) is 5.57 Å². The van der Waals surface area contributed by atoms with Gasteiger partial charge in [0.05, 0.1) is 0 Å². The summed E-state index contributed by atoms with van der Waals surface area (Å²) in [6.07, 6.45) is 5.41. The van der Waals surface area contributed by atoms with Crippen molar-refractivity contribution in [3.8, 4) is 24.2 Å². The first-order chi connectivity index (χ1) is 7.43. The number of aliphatic hydroxyl groups excluding tert-OH is 1. The molecule has 0 spiro atoms. The molecule has 1 nitrogen and oxygen atoms in total. The molecule has 0 saturated carbocycles. The molecule has 0 heterocycles. The van der Waals surface area contributed by atoms with Crippen molar-refractivity contribution < 1.29 is 37.8 Å². The molecule has 88 valence electrons. The average Bonchev–Trinajstić information content (AvgIpc) is 2.32. The second kappa shape index (κ2) is 9.90. The van der Waals surface area contributed by atoms with Crippen LogP contribution in [0.5, 0.6) is 0 Å². The van der Waals surface area contributed by atoms with Crippen molar-refractivity contribution in [3.63, 3.8) is 0 Å². The molecule has 1 N–H and O–H groups in total. The van der Waals surface area contributed by atoms with E-state index in [1.54, 1.807) is 0 Å². The molecule has 0 rings (SSSR count). The van der Waals surface area contributed by atoms with Gasteiger partial charge in [-0.15, -0.1) is 12.3 Å². The summed E-state index contributed by atoms with van der Waals surface area (Å²) in [5.74, 6) is 9.87. The SMILES string of the molecule is C#CC(C)C(C)C(C)C(C)C#CC(=[CH-])CO.[Y+3]. The Morgan fingerprint density at radius 1 is 1.18 bits per heavy atom. The molecule has 0 amide bonds. The molecule has 4 unspecified atom stereocenters. The molecule has 0 fully saturated rings. The van der Waals surface area contributed by atoms with Gasteiger partial charge in [-0.05, 0) is 11.8 Å². The Morgan fingerprint density at radius 2 is 1.65 bits per heavy atom. The van der Waals surface area contributed by atoms with Crippen molar-refractivity contribution in [3.05, 3.63) is 12.2 Å². The molecule has 0 aromatic heterocycles. The van der Waals surface area contributed by atoms with Crippen LogP contribution in [0.15, 0.2) is 5.57 Å². The Balaban J connectivity index is 0. The predicted molar refractivity (Wildman–Crippen MR) is 68.2 cm³/mol. The smallest absolute Gasteiger partial charge is 0.394 e. The van der Waals surface area contributed by atoms with Crippen LogP contribution in [0.3, 0.4) is 0 Å². The molecule has 0 bridgehead atoms. The van der Waals surface area contributed by atoms with Gasteiger partial charge in [0, 0.05) is 18.4 Å². The first-order valence-electron chi connectivity index (χ1n) is 5.63. The van der Waals surface area contributed by atoms with E-state index >= 15 is 0 Å². The number of aliphatic hydroxyl groups is 1. The molecule has 4 atom stereocenters. The molecule has 17 heavy (non-hydrogen) atoms. The van der Waals surface area contributed by atoms with Crippen LogP contribution in [0.4, 0.5) is 0 Å². The Bertz CT molecular complexity index is 329. The fourth-order valence-electron chi connectivity index (χ4n) is 1.44. The van der Waals surface area contributed by atoms with Gasteiger partial charge in [-0.3, -0.25) is 6.58 Å². The zero-order valence-corrected chi connectivity index (χ0v) is 14.0. The molecule has 0 aliphatic carbocycles. The summed E-state index contributed by atoms with van der Waals surface area (Å²) in [7, 11) is 0. The maximum atomic E-state index is 8.73. The van der Waals surface area contributed by atoms with Gasteiger partial charge in [-0.25, -0.2) is 5.92 Å². The van der Waals surface area contributed by atoms with Crippen LogP contribution in [0, 0.1) is 54.4 Å². The number of rotatable bonds is 4. The molecule has 2 heteroatoms. The third-order valence-corrected chi connectivity index (χ3v) is 3.30. The molecular formula is C15H21OY+2. The van der Waals surface area contributed by atoms with Crippen LogP contribution in [-0.4, -0.2) is 11.7 Å². The first kappa shape index (κ1) is 19.3. The average molecular weight is 306 g/mol. The van der Waals surface area contributed by atoms with Crippen molar-refractivity contribution in [1.82, 2.24) is 0 Å². The van der Waals surface area contributed by atoms with E-state index in [-0.39, 0.29) is 51.2 Å². The Kier molecular flexibility index (Phi) is 11.2. The van der Waals surface area contributed by atoms with Gasteiger partial charge in [0.25, 0.3) is 0 Å². The Morgan fingerprint density at radius 3 is 2.06 bits per heavy atom. The van der Waals surface area contributed by atoms with E-state index in [1.807, 2.05) is 0 Å². The van der Waals surface area contributed by atoms with Gasteiger partial charge in [-0.1, -0.05) is 27.7 Å². The Hall–Kier alpha value is -0.0761. The standard InChI is InChI=1S/C15H21O.Y/c1-7-12(3)14(5)15(6)13(4)9-8-11(2)10-16;/h1-2,12-16H,10H2,3-6H3;/q-1;+3. The third-order valence-electron chi connectivity index (χ3n) is 3.30. The van der Waals surface area contributed by atoms with Crippen molar-refractivity contribution in [2.45, 2.75) is 27.7 Å². The van der Waals surface area contributed by atoms with Crippen LogP contribution in [-0.2, 0) is 32.7 Å². The summed E-state index contributed by atoms with van der Waals surface area (Å²) in [5.41, 5.74) is 0.316. The van der Waals surface area contributed by atoms with Gasteiger partial charge in [0.1, 0.15) is 0 Å². The maximum Gasteiger partial charge on any atom is 3.00 e. The summed E-state index contributed by atoms with van der Waals surface area (Å²) in [4.78, 5) is 0. The van der Waals surface area contributed by atoms with Crippen molar-refractivity contribution >= 4 is 0 Å². The first-order valence-corrected chi connectivity index (χ1v) is 5.63. The maximum absolute atomic E-state index is 8.73. The number of terminal acetylenes is 1. The Labute approximate surface area is 131 Å². The molecule has 0 aliphatic heterocycles. The number of hydrogen-bond acceptors (Lipinski definition) is 1. The van der Waals surface area contributed by atoms with E-state index in [1.165, 1.54) is 0 Å². The minimum Gasteiger partial charge on any atom is -0.394 e. The molecule has 0 aliphatic rings. The van der Waals surface area contributed by atoms with Crippen molar-refractivity contribution in [2.24, 2.45) is 23.7 Å². The quantitative estimate of drug-likeness (QED) is 0.625. The van der Waals surface area contributed by atoms with E-state index in [2.05, 4.69) is 45.5 Å². The van der Waals surface area contributed by atoms with Crippen molar-refractivity contribution in [2.75, 3.05) is 6.61 Å². The monoisotopic (exact) mass is 306 g/mol. The zero-order valence-electron chi connectivity index (χ0n) is 11.2. The van der Waals surface area contributed by atoms with E-state index in [9.17, 15) is 0 Å². The second-order valence-corrected chi connectivity index (χ2v) is 4.41. The van der Waals surface area contributed by atoms with Crippen LogP contribution < -0.4 is 0 Å². The molecule has 0 aromatic rings. The van der Waals surface area contributed by atoms with E-state index in [4.69, 9.17) is 18.1 Å². The molecule has 0 saturated heterocycles. The minimum absolute atomic E-state index is 0. The molecular weight excluding hydrogens is 285 g/mol. The zero-order chi connectivity index (χ0) is 12.7. The van der Waals surface area contributed by atoms with Gasteiger partial charge < -0.3 is 11.0 Å². The van der Waals surface area contributed by atoms with E-state index < -0.39 is 0 Å². The fraction of sp³-hybridized carbons (Fsp3) is 0.600.